The number of nitrogens with zero attached hydrogens (tertiary/aromatic N) is 5. The van der Waals surface area contributed by atoms with Crippen LogP contribution in [-0.2, 0) is 4.79 Å². The second-order valence-electron chi connectivity index (χ2n) is 10.4. The quantitative estimate of drug-likeness (QED) is 0.567. The molecule has 7 heteroatoms. The van der Waals surface area contributed by atoms with Gasteiger partial charge in [-0.25, -0.2) is 4.68 Å². The van der Waals surface area contributed by atoms with Gasteiger partial charge < -0.3 is 14.4 Å². The molecular weight excluding hydrogens is 438 g/mol. The molecule has 0 radical (unpaired) electrons. The molecule has 0 bridgehead atoms. The van der Waals surface area contributed by atoms with Crippen LogP contribution in [0.25, 0.3) is 11.5 Å². The van der Waals surface area contributed by atoms with Crippen LogP contribution in [-0.4, -0.2) is 62.1 Å². The monoisotopic (exact) mass is 473 g/mol. The van der Waals surface area contributed by atoms with Crippen LogP contribution in [0.3, 0.4) is 0 Å². The van der Waals surface area contributed by atoms with E-state index in [9.17, 15) is 9.59 Å². The van der Waals surface area contributed by atoms with Crippen molar-refractivity contribution in [3.05, 3.63) is 66.1 Å². The molecule has 2 saturated heterocycles. The van der Waals surface area contributed by atoms with Crippen LogP contribution < -0.4 is 0 Å². The Kier molecular flexibility index (Phi) is 6.50. The lowest BCUT2D eigenvalue weighted by Gasteiger charge is -2.39. The van der Waals surface area contributed by atoms with Crippen molar-refractivity contribution < 1.29 is 9.59 Å². The SMILES string of the molecule is Cc1nn(-c2ccccc2)c(-n2cccc2)c1C(=O)N1CCC(C(=O)N2CC(C)CC(C)C2)CC1. The molecule has 2 atom stereocenters. The van der Waals surface area contributed by atoms with Crippen molar-refractivity contribution in [2.75, 3.05) is 26.2 Å². The average Bonchev–Trinajstić information content (AvgIpc) is 3.51. The van der Waals surface area contributed by atoms with Gasteiger partial charge in [0, 0.05) is 44.5 Å². The summed E-state index contributed by atoms with van der Waals surface area (Å²) in [6.07, 6.45) is 6.51. The molecule has 2 aromatic heterocycles. The molecule has 2 aliphatic rings. The molecule has 1 aromatic carbocycles. The lowest BCUT2D eigenvalue weighted by molar-refractivity contribution is -0.139. The predicted molar refractivity (Wildman–Crippen MR) is 136 cm³/mol. The van der Waals surface area contributed by atoms with Gasteiger partial charge in [-0.1, -0.05) is 32.0 Å². The minimum atomic E-state index is -0.0144. The molecule has 0 spiro atoms. The van der Waals surface area contributed by atoms with E-state index in [1.165, 1.54) is 6.42 Å². The number of benzene rings is 1. The van der Waals surface area contributed by atoms with Gasteiger partial charge in [-0.2, -0.15) is 5.10 Å². The third kappa shape index (κ3) is 4.64. The van der Waals surface area contributed by atoms with E-state index in [1.54, 1.807) is 0 Å². The second kappa shape index (κ2) is 9.72. The lowest BCUT2D eigenvalue weighted by atomic mass is 9.89. The Balaban J connectivity index is 1.35. The van der Waals surface area contributed by atoms with Crippen molar-refractivity contribution >= 4 is 11.8 Å². The minimum Gasteiger partial charge on any atom is -0.342 e. The third-order valence-electron chi connectivity index (χ3n) is 7.41. The number of carbonyl (C=O) groups excluding carboxylic acids is 2. The Morgan fingerprint density at radius 3 is 2.14 bits per heavy atom. The number of hydrogen-bond donors (Lipinski definition) is 0. The highest BCUT2D eigenvalue weighted by atomic mass is 16.2. The molecular formula is C28H35N5O2. The second-order valence-corrected chi connectivity index (χ2v) is 10.4. The average molecular weight is 474 g/mol. The summed E-state index contributed by atoms with van der Waals surface area (Å²) in [7, 11) is 0. The summed E-state index contributed by atoms with van der Waals surface area (Å²) in [4.78, 5) is 31.0. The van der Waals surface area contributed by atoms with Gasteiger partial charge in [0.25, 0.3) is 5.91 Å². The molecule has 0 saturated carbocycles. The highest BCUT2D eigenvalue weighted by molar-refractivity contribution is 5.99. The van der Waals surface area contributed by atoms with Crippen molar-refractivity contribution in [3.63, 3.8) is 0 Å². The first kappa shape index (κ1) is 23.4. The molecule has 5 rings (SSSR count). The van der Waals surface area contributed by atoms with Crippen LogP contribution in [0.4, 0.5) is 0 Å². The summed E-state index contributed by atoms with van der Waals surface area (Å²) in [5, 5.41) is 4.76. The smallest absolute Gasteiger partial charge is 0.259 e. The Bertz CT molecular complexity index is 1170. The standard InChI is InChI=1S/C28H35N5O2/c1-20-17-21(2)19-32(18-20)27(34)23-11-15-31(16-12-23)28(35)25-22(3)29-33(24-9-5-4-6-10-24)26(25)30-13-7-8-14-30/h4-10,13-14,20-21,23H,11-12,15-19H2,1-3H3. The predicted octanol–water partition coefficient (Wildman–Crippen LogP) is 4.33. The molecule has 184 valence electrons. The normalized spacial score (nSPS) is 21.3. The molecule has 35 heavy (non-hydrogen) atoms. The summed E-state index contributed by atoms with van der Waals surface area (Å²) in [6.45, 7) is 9.27. The number of likely N-dealkylation sites (tertiary alicyclic amines) is 2. The fraction of sp³-hybridized carbons (Fsp3) is 0.464. The summed E-state index contributed by atoms with van der Waals surface area (Å²) < 4.78 is 3.80. The maximum atomic E-state index is 13.8. The molecule has 2 amide bonds. The van der Waals surface area contributed by atoms with E-state index in [1.807, 2.05) is 75.9 Å². The Hall–Kier alpha value is -3.35. The van der Waals surface area contributed by atoms with Gasteiger partial charge in [0.1, 0.15) is 5.56 Å². The van der Waals surface area contributed by atoms with E-state index in [0.717, 1.165) is 24.6 Å². The molecule has 4 heterocycles. The Morgan fingerprint density at radius 1 is 0.886 bits per heavy atom. The molecule has 7 nitrogen and oxygen atoms in total. The Labute approximate surface area is 207 Å². The van der Waals surface area contributed by atoms with Crippen LogP contribution >= 0.6 is 0 Å². The van der Waals surface area contributed by atoms with Crippen molar-refractivity contribution in [2.24, 2.45) is 17.8 Å². The Morgan fingerprint density at radius 2 is 1.51 bits per heavy atom. The van der Waals surface area contributed by atoms with Crippen molar-refractivity contribution in [1.29, 1.82) is 0 Å². The number of piperidine rings is 2. The van der Waals surface area contributed by atoms with Crippen LogP contribution in [0.1, 0.15) is 49.2 Å². The fourth-order valence-corrected chi connectivity index (χ4v) is 5.82. The molecule has 2 unspecified atom stereocenters. The summed E-state index contributed by atoms with van der Waals surface area (Å²) in [5.41, 5.74) is 2.23. The number of aromatic nitrogens is 3. The number of para-hydroxylation sites is 1. The van der Waals surface area contributed by atoms with Gasteiger partial charge >= 0.3 is 0 Å². The highest BCUT2D eigenvalue weighted by Gasteiger charge is 2.35. The van der Waals surface area contributed by atoms with Gasteiger partial charge in [-0.05, 0) is 62.3 Å². The van der Waals surface area contributed by atoms with Crippen LogP contribution in [0.5, 0.6) is 0 Å². The van der Waals surface area contributed by atoms with E-state index in [0.29, 0.717) is 49.0 Å². The maximum absolute atomic E-state index is 13.8. The summed E-state index contributed by atoms with van der Waals surface area (Å²) in [5.74, 6) is 2.13. The minimum absolute atomic E-state index is 0.00797. The van der Waals surface area contributed by atoms with Gasteiger partial charge in [0.05, 0.1) is 11.4 Å². The zero-order valence-electron chi connectivity index (χ0n) is 20.9. The van der Waals surface area contributed by atoms with Crippen molar-refractivity contribution in [2.45, 2.75) is 40.0 Å². The van der Waals surface area contributed by atoms with E-state index < -0.39 is 0 Å². The molecule has 2 aliphatic heterocycles. The number of carbonyl (C=O) groups is 2. The van der Waals surface area contributed by atoms with Crippen molar-refractivity contribution in [3.8, 4) is 11.5 Å². The van der Waals surface area contributed by atoms with E-state index in [2.05, 4.69) is 18.7 Å². The van der Waals surface area contributed by atoms with Crippen LogP contribution in [0, 0.1) is 24.7 Å². The number of hydrogen-bond acceptors (Lipinski definition) is 3. The third-order valence-corrected chi connectivity index (χ3v) is 7.41. The first-order valence-electron chi connectivity index (χ1n) is 12.8. The van der Waals surface area contributed by atoms with Gasteiger partial charge in [-0.15, -0.1) is 0 Å². The zero-order valence-corrected chi connectivity index (χ0v) is 20.9. The van der Waals surface area contributed by atoms with E-state index in [4.69, 9.17) is 5.10 Å². The van der Waals surface area contributed by atoms with E-state index >= 15 is 0 Å². The van der Waals surface area contributed by atoms with Gasteiger partial charge in [0.2, 0.25) is 5.91 Å². The zero-order chi connectivity index (χ0) is 24.5. The van der Waals surface area contributed by atoms with Gasteiger partial charge in [0.15, 0.2) is 5.82 Å². The van der Waals surface area contributed by atoms with Gasteiger partial charge in [-0.3, -0.25) is 9.59 Å². The number of aryl methyl sites for hydroxylation is 1. The number of amides is 2. The molecule has 0 N–H and O–H groups in total. The first-order valence-corrected chi connectivity index (χ1v) is 12.8. The molecule has 3 aromatic rings. The maximum Gasteiger partial charge on any atom is 0.259 e. The van der Waals surface area contributed by atoms with E-state index in [-0.39, 0.29) is 17.7 Å². The van der Waals surface area contributed by atoms with Crippen molar-refractivity contribution in [1.82, 2.24) is 24.1 Å². The largest absolute Gasteiger partial charge is 0.342 e. The summed E-state index contributed by atoms with van der Waals surface area (Å²) >= 11 is 0. The topological polar surface area (TPSA) is 63.4 Å². The number of rotatable bonds is 4. The first-order chi connectivity index (χ1) is 16.9. The molecule has 0 aliphatic carbocycles. The fourth-order valence-electron chi connectivity index (χ4n) is 5.82. The lowest BCUT2D eigenvalue weighted by Crippen LogP contribution is -2.48. The summed E-state index contributed by atoms with van der Waals surface area (Å²) in [6, 6.07) is 13.8. The van der Waals surface area contributed by atoms with Crippen LogP contribution in [0.15, 0.2) is 54.9 Å². The molecule has 2 fully saturated rings. The van der Waals surface area contributed by atoms with Crippen LogP contribution in [0.2, 0.25) is 0 Å². The highest BCUT2D eigenvalue weighted by Crippen LogP contribution is 2.29.